The molecule has 0 radical (unpaired) electrons. The lowest BCUT2D eigenvalue weighted by Gasteiger charge is -2.21. The van der Waals surface area contributed by atoms with E-state index in [1.165, 1.54) is 51.4 Å². The molecule has 0 fully saturated rings. The van der Waals surface area contributed by atoms with Gasteiger partial charge in [0.05, 0.1) is 32.8 Å². The fourth-order valence-electron chi connectivity index (χ4n) is 9.36. The molecule has 0 aliphatic rings. The summed E-state index contributed by atoms with van der Waals surface area (Å²) in [5.74, 6) is -2.45. The average Bonchev–Trinajstić information content (AvgIpc) is 0.935. The summed E-state index contributed by atoms with van der Waals surface area (Å²) in [7, 11) is -10.0. The predicted octanol–water partition coefficient (Wildman–Crippen LogP) is 21.7. The van der Waals surface area contributed by atoms with Gasteiger partial charge in [0.15, 0.2) is 12.2 Å². The molecule has 3 N–H and O–H groups in total. The van der Waals surface area contributed by atoms with Crippen molar-refractivity contribution in [3.63, 3.8) is 0 Å². The molecule has 0 saturated carbocycles. The van der Waals surface area contributed by atoms with Gasteiger partial charge in [-0.15, -0.1) is 0 Å². The van der Waals surface area contributed by atoms with E-state index in [4.69, 9.17) is 37.0 Å². The van der Waals surface area contributed by atoms with Crippen molar-refractivity contribution in [1.82, 2.24) is 0 Å². The number of ether oxygens (including phenoxy) is 4. The Morgan fingerprint density at radius 3 is 0.970 bits per heavy atom. The van der Waals surface area contributed by atoms with Crippen molar-refractivity contribution in [2.75, 3.05) is 39.6 Å². The van der Waals surface area contributed by atoms with E-state index in [-0.39, 0.29) is 25.7 Å². The number of carbonyl (C=O) groups is 4. The molecule has 0 aliphatic carbocycles. The first-order chi connectivity index (χ1) is 48.7. The molecule has 5 atom stereocenters. The van der Waals surface area contributed by atoms with E-state index >= 15 is 0 Å². The molecule has 0 amide bonds. The average molecular weight is 1440 g/mol. The highest BCUT2D eigenvalue weighted by Crippen LogP contribution is 2.45. The molecule has 0 bridgehead atoms. The Bertz CT molecular complexity index is 2520. The van der Waals surface area contributed by atoms with E-state index in [1.54, 1.807) is 6.08 Å². The van der Waals surface area contributed by atoms with Gasteiger partial charge in [-0.05, 0) is 116 Å². The molecule has 0 aromatic heterocycles. The van der Waals surface area contributed by atoms with Crippen molar-refractivity contribution < 1.29 is 80.2 Å². The van der Waals surface area contributed by atoms with Gasteiger partial charge in [-0.3, -0.25) is 37.3 Å². The Kier molecular flexibility index (Phi) is 68.2. The van der Waals surface area contributed by atoms with Crippen LogP contribution in [0.4, 0.5) is 0 Å². The zero-order valence-corrected chi connectivity index (χ0v) is 63.6. The van der Waals surface area contributed by atoms with Gasteiger partial charge in [0.1, 0.15) is 19.3 Å². The van der Waals surface area contributed by atoms with Gasteiger partial charge >= 0.3 is 39.5 Å². The van der Waals surface area contributed by atoms with Crippen molar-refractivity contribution in [3.8, 4) is 0 Å². The Morgan fingerprint density at radius 1 is 0.300 bits per heavy atom. The smallest absolute Gasteiger partial charge is 0.462 e. The molecule has 100 heavy (non-hydrogen) atoms. The van der Waals surface area contributed by atoms with Crippen LogP contribution in [-0.2, 0) is 65.4 Å². The first-order valence-corrected chi connectivity index (χ1v) is 40.7. The second-order valence-corrected chi connectivity index (χ2v) is 27.4. The SMILES string of the molecule is CC/C=C\C/C=C\C/C=C\C/C=C\C/C=C\C/C=C\CCC(=O)OCC(COP(=O)(O)OCC(O)COP(=O)(O)OCC(COC(=O)C/C=C\C/C=C\C/C=C\C/C=C\C/C=C\CC)OC(=O)CCCCCCCCCCCCCCC)OC(=O)CCCCCCC/C=C\C/C=C\CCC. The summed E-state index contributed by atoms with van der Waals surface area (Å²) in [6, 6.07) is 0. The van der Waals surface area contributed by atoms with Crippen LogP contribution in [0.2, 0.25) is 0 Å². The third-order valence-electron chi connectivity index (χ3n) is 15.0. The highest BCUT2D eigenvalue weighted by Gasteiger charge is 2.30. The van der Waals surface area contributed by atoms with Crippen LogP contribution in [0, 0.1) is 0 Å². The number of hydrogen-bond acceptors (Lipinski definition) is 15. The molecule has 0 aromatic carbocycles. The van der Waals surface area contributed by atoms with E-state index in [1.807, 2.05) is 36.5 Å². The van der Waals surface area contributed by atoms with Crippen LogP contribution in [0.5, 0.6) is 0 Å². The van der Waals surface area contributed by atoms with Gasteiger partial charge < -0.3 is 33.8 Å². The number of unbranched alkanes of at least 4 members (excludes halogenated alkanes) is 18. The minimum atomic E-state index is -5.00. The zero-order chi connectivity index (χ0) is 73.2. The number of esters is 4. The minimum absolute atomic E-state index is 0.0267. The van der Waals surface area contributed by atoms with Gasteiger partial charge in [-0.2, -0.15) is 0 Å². The largest absolute Gasteiger partial charge is 0.472 e. The van der Waals surface area contributed by atoms with E-state index in [2.05, 4.69) is 143 Å². The fraction of sp³-hybridized carbons (Fsp3) is 0.630. The second-order valence-electron chi connectivity index (χ2n) is 24.5. The molecule has 0 rings (SSSR count). The molecule has 0 aromatic rings. The quantitative estimate of drug-likeness (QED) is 0.0169. The van der Waals surface area contributed by atoms with Crippen LogP contribution in [0.15, 0.2) is 158 Å². The van der Waals surface area contributed by atoms with Crippen molar-refractivity contribution in [2.24, 2.45) is 0 Å². The summed E-state index contributed by atoms with van der Waals surface area (Å²) in [6.45, 7) is 4.34. The molecule has 0 spiro atoms. The molecule has 568 valence electrons. The molecule has 0 heterocycles. The Hall–Kier alpha value is -5.32. The van der Waals surface area contributed by atoms with Crippen LogP contribution >= 0.6 is 15.6 Å². The van der Waals surface area contributed by atoms with Crippen molar-refractivity contribution in [1.29, 1.82) is 0 Å². The third kappa shape index (κ3) is 71.1. The number of carbonyl (C=O) groups excluding carboxylic acids is 4. The van der Waals surface area contributed by atoms with E-state index < -0.39 is 97.5 Å². The molecular weight excluding hydrogens is 1310 g/mol. The van der Waals surface area contributed by atoms with Gasteiger partial charge in [-0.1, -0.05) is 288 Å². The standard InChI is InChI=1S/C81H132O17P2/c1-5-9-13-17-21-25-29-33-35-36-37-38-40-44-46-50-54-58-62-66-79(84)92-72-77(98-81(86)68-64-60-56-52-48-42-32-28-24-20-16-12-8-4)74-96-100(89,90)94-70-75(82)69-93-99(87,88)95-73-76(97-80(85)67-63-59-55-51-47-41-31-27-23-19-15-11-7-3)71-91-78(83)65-61-57-53-49-45-43-39-34-30-26-22-18-14-10-6-2/h9-10,13-14,16,20-22,25-26,28,32-35,37-39,44-46,49,54,57-58,61,75-77,82H,5-8,11-12,15,17-19,23-24,27,29-31,36,40-43,47-48,50-53,55-56,59-60,62-74H2,1-4H3,(H,87,88)(H,89,90)/b13-9-,14-10-,20-16-,25-21-,26-22-,32-28-,35-33-,38-37-,39-34-,46-44-,49-45-,58-54-,61-57-. The molecule has 5 unspecified atom stereocenters. The maximum absolute atomic E-state index is 13.1. The lowest BCUT2D eigenvalue weighted by Crippen LogP contribution is -2.30. The third-order valence-corrected chi connectivity index (χ3v) is 16.9. The minimum Gasteiger partial charge on any atom is -0.462 e. The van der Waals surface area contributed by atoms with Gasteiger partial charge in [0.25, 0.3) is 0 Å². The van der Waals surface area contributed by atoms with Gasteiger partial charge in [0.2, 0.25) is 0 Å². The summed E-state index contributed by atoms with van der Waals surface area (Å²) < 4.78 is 68.2. The summed E-state index contributed by atoms with van der Waals surface area (Å²) in [5.41, 5.74) is 0. The number of aliphatic hydroxyl groups is 1. The lowest BCUT2D eigenvalue weighted by atomic mass is 10.0. The predicted molar refractivity (Wildman–Crippen MR) is 408 cm³/mol. The highest BCUT2D eigenvalue weighted by molar-refractivity contribution is 7.47. The number of hydrogen-bond donors (Lipinski definition) is 3. The van der Waals surface area contributed by atoms with Crippen LogP contribution in [0.3, 0.4) is 0 Å². The van der Waals surface area contributed by atoms with Gasteiger partial charge in [0, 0.05) is 19.3 Å². The molecule has 0 aliphatic heterocycles. The summed E-state index contributed by atoms with van der Waals surface area (Å²) >= 11 is 0. The molecule has 0 saturated heterocycles. The molecule has 19 heteroatoms. The number of rotatable bonds is 69. The number of aliphatic hydroxyl groups excluding tert-OH is 1. The summed E-state index contributed by atoms with van der Waals surface area (Å²) in [5, 5.41) is 10.6. The monoisotopic (exact) mass is 1440 g/mol. The first kappa shape index (κ1) is 94.7. The highest BCUT2D eigenvalue weighted by atomic mass is 31.2. The molecule has 17 nitrogen and oxygen atoms in total. The summed E-state index contributed by atoms with van der Waals surface area (Å²) in [6.07, 6.45) is 82.9. The number of phosphoric ester groups is 2. The van der Waals surface area contributed by atoms with Crippen LogP contribution in [0.25, 0.3) is 0 Å². The van der Waals surface area contributed by atoms with Gasteiger partial charge in [-0.25, -0.2) is 9.13 Å². The maximum Gasteiger partial charge on any atom is 0.472 e. The fourth-order valence-corrected chi connectivity index (χ4v) is 10.9. The Morgan fingerprint density at radius 2 is 0.600 bits per heavy atom. The Labute approximate surface area is 604 Å². The van der Waals surface area contributed by atoms with Crippen LogP contribution in [-0.4, -0.2) is 96.7 Å². The van der Waals surface area contributed by atoms with E-state index in [9.17, 15) is 43.2 Å². The lowest BCUT2D eigenvalue weighted by molar-refractivity contribution is -0.161. The summed E-state index contributed by atoms with van der Waals surface area (Å²) in [4.78, 5) is 72.7. The number of phosphoric acid groups is 2. The normalized spacial score (nSPS) is 14.8. The van der Waals surface area contributed by atoms with Crippen molar-refractivity contribution >= 4 is 39.5 Å². The number of allylic oxidation sites excluding steroid dienone is 25. The maximum atomic E-state index is 13.1. The van der Waals surface area contributed by atoms with Crippen LogP contribution in [0.1, 0.15) is 272 Å². The van der Waals surface area contributed by atoms with Crippen molar-refractivity contribution in [3.05, 3.63) is 158 Å². The van der Waals surface area contributed by atoms with Crippen molar-refractivity contribution in [2.45, 2.75) is 290 Å². The zero-order valence-electron chi connectivity index (χ0n) is 61.8. The Balaban J connectivity index is 5.48. The first-order valence-electron chi connectivity index (χ1n) is 37.7. The topological polar surface area (TPSA) is 237 Å². The van der Waals surface area contributed by atoms with E-state index in [0.29, 0.717) is 32.1 Å². The molecular formula is C81H132O17P2. The second kappa shape index (κ2) is 72.0. The van der Waals surface area contributed by atoms with Crippen LogP contribution < -0.4 is 0 Å². The van der Waals surface area contributed by atoms with E-state index in [0.717, 1.165) is 135 Å².